The molecule has 0 aliphatic rings. The van der Waals surface area contributed by atoms with Crippen LogP contribution in [0.3, 0.4) is 0 Å². The number of rotatable bonds is 1. The van der Waals surface area contributed by atoms with Crippen LogP contribution in [0.15, 0.2) is 21.1 Å². The first-order valence-electron chi connectivity index (χ1n) is 3.19. The molecule has 0 bridgehead atoms. The molecule has 0 radical (unpaired) electrons. The summed E-state index contributed by atoms with van der Waals surface area (Å²) in [5.41, 5.74) is 0.124. The van der Waals surface area contributed by atoms with Gasteiger partial charge in [0, 0.05) is 8.95 Å². The molecule has 13 heavy (non-hydrogen) atoms. The van der Waals surface area contributed by atoms with E-state index >= 15 is 0 Å². The highest BCUT2D eigenvalue weighted by atomic mass is 79.9. The van der Waals surface area contributed by atoms with Crippen molar-refractivity contribution in [2.75, 3.05) is 0 Å². The monoisotopic (exact) mass is 303 g/mol. The van der Waals surface area contributed by atoms with E-state index in [4.69, 9.17) is 10.4 Å². The summed E-state index contributed by atoms with van der Waals surface area (Å²) in [6.45, 7) is 0. The van der Waals surface area contributed by atoms with Crippen LogP contribution in [-0.4, -0.2) is 11.1 Å². The van der Waals surface area contributed by atoms with Crippen LogP contribution in [0.4, 0.5) is 0 Å². The third-order valence-electron chi connectivity index (χ3n) is 1.43. The highest BCUT2D eigenvalue weighted by Gasteiger charge is 2.15. The number of carboxylic acids is 1. The number of hydrogen-bond acceptors (Lipinski definition) is 2. The van der Waals surface area contributed by atoms with Gasteiger partial charge in [-0.2, -0.15) is 5.26 Å². The van der Waals surface area contributed by atoms with Crippen LogP contribution in [0.2, 0.25) is 0 Å². The number of hydrogen-bond donors (Lipinski definition) is 1. The van der Waals surface area contributed by atoms with Gasteiger partial charge >= 0.3 is 5.97 Å². The zero-order valence-corrected chi connectivity index (χ0v) is 9.39. The number of halogens is 2. The molecule has 0 aliphatic carbocycles. The molecule has 0 fully saturated rings. The first-order valence-corrected chi connectivity index (χ1v) is 4.78. The van der Waals surface area contributed by atoms with Crippen molar-refractivity contribution in [3.8, 4) is 6.07 Å². The number of benzene rings is 1. The molecule has 0 aromatic heterocycles. The van der Waals surface area contributed by atoms with Crippen molar-refractivity contribution in [2.24, 2.45) is 0 Å². The van der Waals surface area contributed by atoms with Crippen LogP contribution in [0.1, 0.15) is 15.9 Å². The molecule has 0 saturated carbocycles. The summed E-state index contributed by atoms with van der Waals surface area (Å²) in [6.07, 6.45) is 0. The molecule has 0 saturated heterocycles. The van der Waals surface area contributed by atoms with Crippen LogP contribution < -0.4 is 0 Å². The Morgan fingerprint density at radius 1 is 1.46 bits per heavy atom. The fourth-order valence-electron chi connectivity index (χ4n) is 0.853. The lowest BCUT2D eigenvalue weighted by atomic mass is 10.1. The standard InChI is InChI=1S/C8H3Br2NO2/c9-5-2-1-4(3-11)6(7(5)10)8(12)13/h1-2H,(H,12,13). The van der Waals surface area contributed by atoms with Gasteiger partial charge in [0.2, 0.25) is 0 Å². The summed E-state index contributed by atoms with van der Waals surface area (Å²) in [5.74, 6) is -1.12. The maximum Gasteiger partial charge on any atom is 0.338 e. The van der Waals surface area contributed by atoms with Crippen LogP contribution in [0.5, 0.6) is 0 Å². The molecular weight excluding hydrogens is 302 g/mol. The van der Waals surface area contributed by atoms with Crippen molar-refractivity contribution in [2.45, 2.75) is 0 Å². The van der Waals surface area contributed by atoms with E-state index in [9.17, 15) is 4.79 Å². The molecule has 66 valence electrons. The minimum atomic E-state index is -1.12. The first kappa shape index (κ1) is 10.2. The molecule has 0 atom stereocenters. The van der Waals surface area contributed by atoms with Crippen molar-refractivity contribution in [1.82, 2.24) is 0 Å². The minimum absolute atomic E-state index is 0.0168. The number of nitriles is 1. The fraction of sp³-hybridized carbons (Fsp3) is 0. The largest absolute Gasteiger partial charge is 0.478 e. The van der Waals surface area contributed by atoms with E-state index in [0.717, 1.165) is 0 Å². The number of carboxylic acid groups (broad SMARTS) is 1. The summed E-state index contributed by atoms with van der Waals surface area (Å²) in [7, 11) is 0. The smallest absolute Gasteiger partial charge is 0.338 e. The Labute approximate surface area is 91.2 Å². The van der Waals surface area contributed by atoms with Crippen LogP contribution >= 0.6 is 31.9 Å². The summed E-state index contributed by atoms with van der Waals surface area (Å²) in [4.78, 5) is 10.8. The van der Waals surface area contributed by atoms with Crippen LogP contribution in [0.25, 0.3) is 0 Å². The van der Waals surface area contributed by atoms with Crippen molar-refractivity contribution in [3.63, 3.8) is 0 Å². The van der Waals surface area contributed by atoms with E-state index in [-0.39, 0.29) is 11.1 Å². The Bertz CT molecular complexity index is 409. The summed E-state index contributed by atoms with van der Waals surface area (Å²) < 4.78 is 1.00. The highest BCUT2D eigenvalue weighted by Crippen LogP contribution is 2.29. The predicted octanol–water partition coefficient (Wildman–Crippen LogP) is 2.78. The lowest BCUT2D eigenvalue weighted by Gasteiger charge is -2.02. The molecule has 0 aliphatic heterocycles. The third kappa shape index (κ3) is 1.90. The zero-order valence-electron chi connectivity index (χ0n) is 6.21. The molecule has 1 N–H and O–H groups in total. The topological polar surface area (TPSA) is 61.1 Å². The van der Waals surface area contributed by atoms with E-state index in [1.165, 1.54) is 6.07 Å². The van der Waals surface area contributed by atoms with Gasteiger partial charge < -0.3 is 5.11 Å². The Morgan fingerprint density at radius 3 is 2.54 bits per heavy atom. The lowest BCUT2D eigenvalue weighted by molar-refractivity contribution is 0.0695. The Balaban J connectivity index is 3.53. The molecular formula is C8H3Br2NO2. The maximum atomic E-state index is 10.8. The lowest BCUT2D eigenvalue weighted by Crippen LogP contribution is -2.01. The second kappa shape index (κ2) is 3.90. The van der Waals surface area contributed by atoms with Gasteiger partial charge in [-0.05, 0) is 44.0 Å². The summed E-state index contributed by atoms with van der Waals surface area (Å²) in [6, 6.07) is 4.89. The molecule has 3 nitrogen and oxygen atoms in total. The fourth-order valence-corrected chi connectivity index (χ4v) is 1.70. The van der Waals surface area contributed by atoms with Gasteiger partial charge in [0.05, 0.1) is 11.1 Å². The van der Waals surface area contributed by atoms with Gasteiger partial charge in [-0.25, -0.2) is 4.79 Å². The number of carbonyl (C=O) groups is 1. The highest BCUT2D eigenvalue weighted by molar-refractivity contribution is 9.13. The van der Waals surface area contributed by atoms with Gasteiger partial charge in [-0.3, -0.25) is 0 Å². The van der Waals surface area contributed by atoms with E-state index < -0.39 is 5.97 Å². The molecule has 1 aromatic rings. The SMILES string of the molecule is N#Cc1ccc(Br)c(Br)c1C(=O)O. The second-order valence-corrected chi connectivity index (χ2v) is 3.85. The predicted molar refractivity (Wildman–Crippen MR) is 53.5 cm³/mol. The molecule has 0 spiro atoms. The number of nitrogens with zero attached hydrogens (tertiary/aromatic N) is 1. The van der Waals surface area contributed by atoms with Crippen molar-refractivity contribution < 1.29 is 9.90 Å². The van der Waals surface area contributed by atoms with Gasteiger partial charge in [0.25, 0.3) is 0 Å². The molecule has 1 rings (SSSR count). The average molecular weight is 305 g/mol. The molecule has 0 heterocycles. The second-order valence-electron chi connectivity index (χ2n) is 2.20. The summed E-state index contributed by atoms with van der Waals surface area (Å²) in [5, 5.41) is 17.4. The van der Waals surface area contributed by atoms with Gasteiger partial charge in [-0.15, -0.1) is 0 Å². The Hall–Kier alpha value is -0.860. The average Bonchev–Trinajstić information content (AvgIpc) is 2.08. The van der Waals surface area contributed by atoms with Gasteiger partial charge in [0.1, 0.15) is 6.07 Å². The minimum Gasteiger partial charge on any atom is -0.478 e. The first-order chi connectivity index (χ1) is 6.07. The van der Waals surface area contributed by atoms with Crippen molar-refractivity contribution >= 4 is 37.8 Å². The number of aromatic carboxylic acids is 1. The Morgan fingerprint density at radius 2 is 2.08 bits per heavy atom. The zero-order chi connectivity index (χ0) is 10.0. The maximum absolute atomic E-state index is 10.8. The third-order valence-corrected chi connectivity index (χ3v) is 3.45. The van der Waals surface area contributed by atoms with E-state index in [1.54, 1.807) is 6.07 Å². The van der Waals surface area contributed by atoms with E-state index in [2.05, 4.69) is 31.9 Å². The van der Waals surface area contributed by atoms with E-state index in [0.29, 0.717) is 8.95 Å². The van der Waals surface area contributed by atoms with Crippen molar-refractivity contribution in [1.29, 1.82) is 5.26 Å². The van der Waals surface area contributed by atoms with Gasteiger partial charge in [-0.1, -0.05) is 0 Å². The van der Waals surface area contributed by atoms with Crippen LogP contribution in [0, 0.1) is 11.3 Å². The van der Waals surface area contributed by atoms with Gasteiger partial charge in [0.15, 0.2) is 0 Å². The quantitative estimate of drug-likeness (QED) is 0.868. The molecule has 5 heteroatoms. The Kier molecular flexibility index (Phi) is 3.07. The summed E-state index contributed by atoms with van der Waals surface area (Å²) >= 11 is 6.25. The molecule has 0 amide bonds. The molecule has 1 aromatic carbocycles. The van der Waals surface area contributed by atoms with Crippen molar-refractivity contribution in [3.05, 3.63) is 32.2 Å². The van der Waals surface area contributed by atoms with Crippen LogP contribution in [-0.2, 0) is 0 Å². The molecule has 0 unspecified atom stereocenters. The normalized spacial score (nSPS) is 9.31. The van der Waals surface area contributed by atoms with E-state index in [1.807, 2.05) is 6.07 Å².